The molecular weight excluding hydrogens is 328 g/mol. The van der Waals surface area contributed by atoms with Crippen LogP contribution in [0, 0.1) is 0 Å². The highest BCUT2D eigenvalue weighted by Gasteiger charge is 2.10. The van der Waals surface area contributed by atoms with Crippen molar-refractivity contribution >= 4 is 11.7 Å². The van der Waals surface area contributed by atoms with Crippen LogP contribution < -0.4 is 16.1 Å². The molecule has 3 N–H and O–H groups in total. The van der Waals surface area contributed by atoms with E-state index in [4.69, 9.17) is 0 Å². The lowest BCUT2D eigenvalue weighted by atomic mass is 10.0. The Labute approximate surface area is 151 Å². The Bertz CT molecular complexity index is 951. The summed E-state index contributed by atoms with van der Waals surface area (Å²) in [7, 11) is 0. The van der Waals surface area contributed by atoms with Crippen molar-refractivity contribution in [3.8, 4) is 11.1 Å². The zero-order chi connectivity index (χ0) is 18.4. The van der Waals surface area contributed by atoms with Crippen LogP contribution in [-0.2, 0) is 6.42 Å². The number of rotatable bonds is 5. The first kappa shape index (κ1) is 17.4. The van der Waals surface area contributed by atoms with Crippen LogP contribution in [0.2, 0.25) is 0 Å². The van der Waals surface area contributed by atoms with E-state index in [1.165, 1.54) is 0 Å². The third-order valence-corrected chi connectivity index (χ3v) is 3.89. The van der Waals surface area contributed by atoms with Crippen molar-refractivity contribution in [2.45, 2.75) is 13.3 Å². The maximum Gasteiger partial charge on any atom is 0.319 e. The number of aromatic amines is 1. The lowest BCUT2D eigenvalue weighted by Gasteiger charge is -2.08. The first-order chi connectivity index (χ1) is 12.7. The van der Waals surface area contributed by atoms with Gasteiger partial charge in [-0.1, -0.05) is 42.5 Å². The highest BCUT2D eigenvalue weighted by molar-refractivity contribution is 5.89. The number of benzene rings is 2. The number of anilines is 1. The fourth-order valence-corrected chi connectivity index (χ4v) is 2.69. The molecule has 3 rings (SSSR count). The number of amides is 2. The van der Waals surface area contributed by atoms with Crippen molar-refractivity contribution in [2.75, 3.05) is 11.9 Å². The van der Waals surface area contributed by atoms with Crippen LogP contribution in [0.1, 0.15) is 18.2 Å². The topological polar surface area (TPSA) is 86.9 Å². The predicted octanol–water partition coefficient (Wildman–Crippen LogP) is 3.17. The van der Waals surface area contributed by atoms with E-state index in [2.05, 4.69) is 20.8 Å². The van der Waals surface area contributed by atoms with E-state index < -0.39 is 0 Å². The van der Waals surface area contributed by atoms with Crippen molar-refractivity contribution in [2.24, 2.45) is 0 Å². The molecular formula is C20H20N4O2. The third-order valence-electron chi connectivity index (χ3n) is 3.89. The fourth-order valence-electron chi connectivity index (χ4n) is 2.69. The van der Waals surface area contributed by atoms with Crippen molar-refractivity contribution in [3.63, 3.8) is 0 Å². The summed E-state index contributed by atoms with van der Waals surface area (Å²) in [6.45, 7) is 2.41. The molecule has 0 bridgehead atoms. The maximum atomic E-state index is 12.8. The molecule has 0 aliphatic rings. The molecule has 0 atom stereocenters. The second-order valence-electron chi connectivity index (χ2n) is 5.80. The molecule has 3 aromatic rings. The van der Waals surface area contributed by atoms with Crippen molar-refractivity contribution in [1.82, 2.24) is 15.5 Å². The van der Waals surface area contributed by atoms with E-state index in [1.807, 2.05) is 55.5 Å². The molecule has 2 amide bonds. The van der Waals surface area contributed by atoms with Crippen LogP contribution >= 0.6 is 0 Å². The van der Waals surface area contributed by atoms with Gasteiger partial charge in [0.15, 0.2) is 0 Å². The number of aromatic nitrogens is 2. The zero-order valence-electron chi connectivity index (χ0n) is 14.5. The number of urea groups is 1. The van der Waals surface area contributed by atoms with Gasteiger partial charge in [-0.2, -0.15) is 5.10 Å². The molecule has 6 nitrogen and oxygen atoms in total. The fraction of sp³-hybridized carbons (Fsp3) is 0.150. The summed E-state index contributed by atoms with van der Waals surface area (Å²) >= 11 is 0. The molecule has 2 aromatic carbocycles. The quantitative estimate of drug-likeness (QED) is 0.662. The third kappa shape index (κ3) is 4.16. The van der Waals surface area contributed by atoms with Crippen LogP contribution in [-0.4, -0.2) is 22.8 Å². The van der Waals surface area contributed by atoms with Crippen LogP contribution in [0.3, 0.4) is 0 Å². The Hall–Kier alpha value is -3.41. The summed E-state index contributed by atoms with van der Waals surface area (Å²) in [5, 5.41) is 12.4. The molecule has 0 radical (unpaired) electrons. The molecule has 0 aliphatic carbocycles. The Morgan fingerprint density at radius 2 is 1.92 bits per heavy atom. The van der Waals surface area contributed by atoms with Gasteiger partial charge in [-0.3, -0.25) is 9.89 Å². The Morgan fingerprint density at radius 3 is 2.69 bits per heavy atom. The number of nitrogens with one attached hydrogen (secondary N) is 3. The molecule has 0 saturated carbocycles. The number of carbonyl (C=O) groups is 1. The number of carbonyl (C=O) groups excluding carboxylic acids is 1. The van der Waals surface area contributed by atoms with Crippen molar-refractivity contribution in [3.05, 3.63) is 82.3 Å². The second-order valence-corrected chi connectivity index (χ2v) is 5.80. The standard InChI is InChI=1S/C20H20N4O2/c1-2-21-20(26)23-16-10-6-7-14(11-16)12-18-19(25)17(13-22-24-18)15-8-4-3-5-9-15/h3-11,13H,2,12H2,1H3,(H,22,25)(H2,21,23,26). The van der Waals surface area contributed by atoms with E-state index >= 15 is 0 Å². The van der Waals surface area contributed by atoms with E-state index in [0.717, 1.165) is 11.1 Å². The summed E-state index contributed by atoms with van der Waals surface area (Å²) in [5.41, 5.74) is 3.33. The average Bonchev–Trinajstić information content (AvgIpc) is 2.65. The molecule has 1 heterocycles. The van der Waals surface area contributed by atoms with Gasteiger partial charge in [-0.15, -0.1) is 0 Å². The van der Waals surface area contributed by atoms with Crippen molar-refractivity contribution < 1.29 is 4.79 Å². The van der Waals surface area contributed by atoms with E-state index in [-0.39, 0.29) is 11.5 Å². The Morgan fingerprint density at radius 1 is 1.12 bits per heavy atom. The summed E-state index contributed by atoms with van der Waals surface area (Å²) in [5.74, 6) is 0. The van der Waals surface area contributed by atoms with Crippen LogP contribution in [0.25, 0.3) is 11.1 Å². The highest BCUT2D eigenvalue weighted by Crippen LogP contribution is 2.16. The van der Waals surface area contributed by atoms with Gasteiger partial charge < -0.3 is 10.6 Å². The molecule has 0 aliphatic heterocycles. The van der Waals surface area contributed by atoms with E-state index in [0.29, 0.717) is 29.9 Å². The SMILES string of the molecule is CCNC(=O)Nc1cccc(Cc2n[nH]cc(-c3ccccc3)c2=O)c1. The monoisotopic (exact) mass is 348 g/mol. The lowest BCUT2D eigenvalue weighted by Crippen LogP contribution is -2.28. The molecule has 0 spiro atoms. The summed E-state index contributed by atoms with van der Waals surface area (Å²) in [4.78, 5) is 24.4. The van der Waals surface area contributed by atoms with Gasteiger partial charge in [0, 0.05) is 30.4 Å². The molecule has 0 unspecified atom stereocenters. The van der Waals surface area contributed by atoms with Gasteiger partial charge in [-0.05, 0) is 30.2 Å². The second kappa shape index (κ2) is 8.11. The summed E-state index contributed by atoms with van der Waals surface area (Å²) < 4.78 is 0. The van der Waals surface area contributed by atoms with E-state index in [1.54, 1.807) is 12.3 Å². The molecule has 0 fully saturated rings. The number of H-pyrrole nitrogens is 1. The van der Waals surface area contributed by atoms with Crippen LogP contribution in [0.5, 0.6) is 0 Å². The smallest absolute Gasteiger partial charge is 0.319 e. The minimum Gasteiger partial charge on any atom is -0.338 e. The molecule has 0 saturated heterocycles. The van der Waals surface area contributed by atoms with Gasteiger partial charge in [-0.25, -0.2) is 4.79 Å². The average molecular weight is 348 g/mol. The molecule has 132 valence electrons. The minimum absolute atomic E-state index is 0.1000. The largest absolute Gasteiger partial charge is 0.338 e. The van der Waals surface area contributed by atoms with E-state index in [9.17, 15) is 9.59 Å². The van der Waals surface area contributed by atoms with Gasteiger partial charge in [0.05, 0.1) is 0 Å². The van der Waals surface area contributed by atoms with Gasteiger partial charge in [0.25, 0.3) is 0 Å². The maximum absolute atomic E-state index is 12.8. The van der Waals surface area contributed by atoms with Crippen LogP contribution in [0.4, 0.5) is 10.5 Å². The summed E-state index contributed by atoms with van der Waals surface area (Å²) in [6.07, 6.45) is 2.00. The highest BCUT2D eigenvalue weighted by atomic mass is 16.2. The lowest BCUT2D eigenvalue weighted by molar-refractivity contribution is 0.252. The number of hydrogen-bond acceptors (Lipinski definition) is 3. The Kier molecular flexibility index (Phi) is 5.43. The Balaban J connectivity index is 1.84. The van der Waals surface area contributed by atoms with Crippen LogP contribution in [0.15, 0.2) is 65.6 Å². The number of nitrogens with zero attached hydrogens (tertiary/aromatic N) is 1. The molecule has 1 aromatic heterocycles. The van der Waals surface area contributed by atoms with Gasteiger partial charge >= 0.3 is 6.03 Å². The minimum atomic E-state index is -0.258. The first-order valence-corrected chi connectivity index (χ1v) is 8.43. The number of hydrogen-bond donors (Lipinski definition) is 3. The summed E-state index contributed by atoms with van der Waals surface area (Å²) in [6, 6.07) is 16.6. The van der Waals surface area contributed by atoms with Gasteiger partial charge in [0.1, 0.15) is 5.69 Å². The molecule has 6 heteroatoms. The molecule has 26 heavy (non-hydrogen) atoms. The van der Waals surface area contributed by atoms with Crippen molar-refractivity contribution in [1.29, 1.82) is 0 Å². The zero-order valence-corrected chi connectivity index (χ0v) is 14.5. The normalized spacial score (nSPS) is 10.3. The van der Waals surface area contributed by atoms with Gasteiger partial charge in [0.2, 0.25) is 5.43 Å². The predicted molar refractivity (Wildman–Crippen MR) is 102 cm³/mol. The first-order valence-electron chi connectivity index (χ1n) is 8.43.